The van der Waals surface area contributed by atoms with E-state index in [2.05, 4.69) is 55.5 Å². The Hall–Kier alpha value is -1.75. The minimum absolute atomic E-state index is 0.213. The first kappa shape index (κ1) is 19.3. The average Bonchev–Trinajstić information content (AvgIpc) is 2.52. The molecule has 0 bridgehead atoms. The van der Waals surface area contributed by atoms with Gasteiger partial charge in [0.2, 0.25) is 0 Å². The number of benzene rings is 1. The number of nitrogens with zero attached hydrogens (tertiary/aromatic N) is 1. The van der Waals surface area contributed by atoms with Crippen LogP contribution in [0.5, 0.6) is 5.75 Å². The topological polar surface area (TPSA) is 54.9 Å². The SMILES string of the molecule is CCNC(=NCc1ccc(OCC(C)C)cc1)NC(C)COC. The molecule has 0 spiro atoms. The zero-order valence-electron chi connectivity index (χ0n) is 15.1. The Labute approximate surface area is 140 Å². The van der Waals surface area contributed by atoms with E-state index in [0.29, 0.717) is 19.1 Å². The molecule has 130 valence electrons. The highest BCUT2D eigenvalue weighted by atomic mass is 16.5. The molecule has 0 heterocycles. The van der Waals surface area contributed by atoms with Gasteiger partial charge in [0, 0.05) is 19.7 Å². The number of hydrogen-bond acceptors (Lipinski definition) is 3. The molecule has 5 heteroatoms. The number of rotatable bonds is 9. The van der Waals surface area contributed by atoms with Crippen LogP contribution in [0.4, 0.5) is 0 Å². The van der Waals surface area contributed by atoms with E-state index >= 15 is 0 Å². The van der Waals surface area contributed by atoms with E-state index in [-0.39, 0.29) is 6.04 Å². The third-order valence-corrected chi connectivity index (χ3v) is 3.07. The van der Waals surface area contributed by atoms with E-state index in [1.54, 1.807) is 7.11 Å². The van der Waals surface area contributed by atoms with Gasteiger partial charge >= 0.3 is 0 Å². The van der Waals surface area contributed by atoms with Crippen LogP contribution >= 0.6 is 0 Å². The summed E-state index contributed by atoms with van der Waals surface area (Å²) in [6.07, 6.45) is 0. The zero-order valence-corrected chi connectivity index (χ0v) is 15.1. The second-order valence-corrected chi connectivity index (χ2v) is 6.04. The van der Waals surface area contributed by atoms with Crippen molar-refractivity contribution in [2.75, 3.05) is 26.9 Å². The Morgan fingerprint density at radius 3 is 2.39 bits per heavy atom. The van der Waals surface area contributed by atoms with Crippen molar-refractivity contribution in [3.63, 3.8) is 0 Å². The van der Waals surface area contributed by atoms with Gasteiger partial charge in [-0.25, -0.2) is 4.99 Å². The molecule has 1 rings (SSSR count). The predicted molar refractivity (Wildman–Crippen MR) is 96.1 cm³/mol. The normalized spacial score (nSPS) is 13.0. The molecule has 0 amide bonds. The van der Waals surface area contributed by atoms with Crippen LogP contribution in [-0.2, 0) is 11.3 Å². The van der Waals surface area contributed by atoms with Crippen molar-refractivity contribution in [3.8, 4) is 5.75 Å². The van der Waals surface area contributed by atoms with E-state index < -0.39 is 0 Å². The molecule has 1 atom stereocenters. The fourth-order valence-electron chi connectivity index (χ4n) is 1.97. The molecule has 2 N–H and O–H groups in total. The molecule has 1 aromatic rings. The Bertz CT molecular complexity index is 458. The molecule has 23 heavy (non-hydrogen) atoms. The van der Waals surface area contributed by atoms with Crippen LogP contribution in [0.25, 0.3) is 0 Å². The quantitative estimate of drug-likeness (QED) is 0.542. The highest BCUT2D eigenvalue weighted by Crippen LogP contribution is 2.13. The van der Waals surface area contributed by atoms with Crippen LogP contribution in [0, 0.1) is 5.92 Å². The van der Waals surface area contributed by atoms with Crippen molar-refractivity contribution < 1.29 is 9.47 Å². The first-order valence-corrected chi connectivity index (χ1v) is 8.30. The van der Waals surface area contributed by atoms with Crippen LogP contribution in [0.15, 0.2) is 29.3 Å². The van der Waals surface area contributed by atoms with Crippen molar-refractivity contribution in [3.05, 3.63) is 29.8 Å². The highest BCUT2D eigenvalue weighted by Gasteiger charge is 2.04. The fourth-order valence-corrected chi connectivity index (χ4v) is 1.97. The lowest BCUT2D eigenvalue weighted by atomic mass is 10.2. The number of guanidine groups is 1. The predicted octanol–water partition coefficient (Wildman–Crippen LogP) is 2.81. The van der Waals surface area contributed by atoms with Crippen LogP contribution < -0.4 is 15.4 Å². The van der Waals surface area contributed by atoms with Crippen molar-refractivity contribution in [1.29, 1.82) is 0 Å². The van der Waals surface area contributed by atoms with Gasteiger partial charge in [-0.15, -0.1) is 0 Å². The van der Waals surface area contributed by atoms with Crippen LogP contribution in [0.1, 0.15) is 33.3 Å². The van der Waals surface area contributed by atoms with Gasteiger partial charge < -0.3 is 20.1 Å². The minimum atomic E-state index is 0.213. The number of nitrogens with one attached hydrogen (secondary N) is 2. The summed E-state index contributed by atoms with van der Waals surface area (Å²) < 4.78 is 10.8. The standard InChI is InChI=1S/C18H31N3O2/c1-6-19-18(21-15(4)13-22-5)20-11-16-7-9-17(10-8-16)23-12-14(2)3/h7-10,14-15H,6,11-13H2,1-5H3,(H2,19,20,21). The molecule has 0 aliphatic carbocycles. The van der Waals surface area contributed by atoms with Gasteiger partial charge in [-0.05, 0) is 37.5 Å². The number of aliphatic imine (C=N–C) groups is 1. The largest absolute Gasteiger partial charge is 0.493 e. The Morgan fingerprint density at radius 2 is 1.83 bits per heavy atom. The van der Waals surface area contributed by atoms with Crippen molar-refractivity contribution in [2.45, 2.75) is 40.3 Å². The van der Waals surface area contributed by atoms with Gasteiger partial charge in [-0.3, -0.25) is 0 Å². The molecule has 0 aliphatic rings. The van der Waals surface area contributed by atoms with Gasteiger partial charge in [-0.2, -0.15) is 0 Å². The molecular formula is C18H31N3O2. The number of hydrogen-bond donors (Lipinski definition) is 2. The van der Waals surface area contributed by atoms with E-state index in [1.807, 2.05) is 12.1 Å². The van der Waals surface area contributed by atoms with E-state index in [9.17, 15) is 0 Å². The summed E-state index contributed by atoms with van der Waals surface area (Å²) >= 11 is 0. The monoisotopic (exact) mass is 321 g/mol. The third-order valence-electron chi connectivity index (χ3n) is 3.07. The molecular weight excluding hydrogens is 290 g/mol. The van der Waals surface area contributed by atoms with Gasteiger partial charge in [0.25, 0.3) is 0 Å². The smallest absolute Gasteiger partial charge is 0.191 e. The summed E-state index contributed by atoms with van der Waals surface area (Å²) in [5.41, 5.74) is 1.15. The van der Waals surface area contributed by atoms with Crippen molar-refractivity contribution in [2.24, 2.45) is 10.9 Å². The lowest BCUT2D eigenvalue weighted by molar-refractivity contribution is 0.179. The summed E-state index contributed by atoms with van der Waals surface area (Å²) in [6.45, 7) is 11.2. The van der Waals surface area contributed by atoms with Crippen molar-refractivity contribution >= 4 is 5.96 Å². The highest BCUT2D eigenvalue weighted by molar-refractivity contribution is 5.80. The molecule has 1 unspecified atom stereocenters. The zero-order chi connectivity index (χ0) is 17.1. The van der Waals surface area contributed by atoms with Gasteiger partial charge in [0.05, 0.1) is 19.8 Å². The maximum atomic E-state index is 5.69. The van der Waals surface area contributed by atoms with Gasteiger partial charge in [0.15, 0.2) is 5.96 Å². The molecule has 0 fully saturated rings. The lowest BCUT2D eigenvalue weighted by Gasteiger charge is -2.17. The molecule has 0 aromatic heterocycles. The molecule has 0 aliphatic heterocycles. The second-order valence-electron chi connectivity index (χ2n) is 6.04. The Kier molecular flexibility index (Phi) is 9.14. The first-order chi connectivity index (χ1) is 11.0. The molecule has 1 aromatic carbocycles. The van der Waals surface area contributed by atoms with Crippen LogP contribution in [0.2, 0.25) is 0 Å². The Balaban J connectivity index is 2.57. The molecule has 0 saturated carbocycles. The number of ether oxygens (including phenoxy) is 2. The summed E-state index contributed by atoms with van der Waals surface area (Å²) in [5.74, 6) is 2.24. The van der Waals surface area contributed by atoms with E-state index in [1.165, 1.54) is 0 Å². The molecule has 5 nitrogen and oxygen atoms in total. The Morgan fingerprint density at radius 1 is 1.13 bits per heavy atom. The summed E-state index contributed by atoms with van der Waals surface area (Å²) in [6, 6.07) is 8.33. The average molecular weight is 321 g/mol. The summed E-state index contributed by atoms with van der Waals surface area (Å²) in [4.78, 5) is 4.61. The van der Waals surface area contributed by atoms with E-state index in [4.69, 9.17) is 9.47 Å². The van der Waals surface area contributed by atoms with Crippen LogP contribution in [0.3, 0.4) is 0 Å². The first-order valence-electron chi connectivity index (χ1n) is 8.30. The molecule has 0 radical (unpaired) electrons. The lowest BCUT2D eigenvalue weighted by Crippen LogP contribution is -2.43. The summed E-state index contributed by atoms with van der Waals surface area (Å²) in [7, 11) is 1.70. The summed E-state index contributed by atoms with van der Waals surface area (Å²) in [5, 5.41) is 6.57. The fraction of sp³-hybridized carbons (Fsp3) is 0.611. The maximum Gasteiger partial charge on any atom is 0.191 e. The minimum Gasteiger partial charge on any atom is -0.493 e. The van der Waals surface area contributed by atoms with E-state index in [0.717, 1.165) is 30.4 Å². The van der Waals surface area contributed by atoms with Crippen LogP contribution in [-0.4, -0.2) is 38.9 Å². The number of methoxy groups -OCH3 is 1. The third kappa shape index (κ3) is 8.45. The second kappa shape index (κ2) is 10.9. The van der Waals surface area contributed by atoms with Gasteiger partial charge in [-0.1, -0.05) is 26.0 Å². The van der Waals surface area contributed by atoms with Gasteiger partial charge in [0.1, 0.15) is 5.75 Å². The van der Waals surface area contributed by atoms with Crippen molar-refractivity contribution in [1.82, 2.24) is 10.6 Å². The maximum absolute atomic E-state index is 5.69. The molecule has 0 saturated heterocycles.